The third kappa shape index (κ3) is 12.0. The van der Waals surface area contributed by atoms with E-state index in [0.29, 0.717) is 87.3 Å². The van der Waals surface area contributed by atoms with Crippen LogP contribution in [0.2, 0.25) is 0 Å². The number of hydrogen-bond acceptors (Lipinski definition) is 14. The van der Waals surface area contributed by atoms with Crippen LogP contribution in [0.4, 0.5) is 21.0 Å². The minimum Gasteiger partial charge on any atom is -0.464 e. The number of aliphatic hydroxyl groups is 1. The monoisotopic (exact) mass is 974 g/mol. The van der Waals surface area contributed by atoms with Gasteiger partial charge in [0, 0.05) is 26.3 Å². The van der Waals surface area contributed by atoms with Crippen molar-refractivity contribution in [2.24, 2.45) is 0 Å². The number of carbonyl (C=O) groups excluding carboxylic acids is 5. The molecule has 382 valence electrons. The molecule has 4 fully saturated rings. The minimum absolute atomic E-state index is 0.00968. The van der Waals surface area contributed by atoms with E-state index in [9.17, 15) is 29.1 Å². The lowest BCUT2D eigenvalue weighted by Gasteiger charge is -2.44. The molecule has 0 radical (unpaired) electrons. The Bertz CT molecular complexity index is 2230. The number of esters is 1. The van der Waals surface area contributed by atoms with Gasteiger partial charge in [0.2, 0.25) is 0 Å². The Kier molecular flexibility index (Phi) is 18.1. The van der Waals surface area contributed by atoms with E-state index in [4.69, 9.17) is 37.9 Å². The summed E-state index contributed by atoms with van der Waals surface area (Å²) in [5, 5.41) is 10.4. The number of nitrogens with zero attached hydrogens (tertiary/aromatic N) is 4. The van der Waals surface area contributed by atoms with Crippen molar-refractivity contribution < 1.29 is 67.0 Å². The first-order valence-electron chi connectivity index (χ1n) is 24.7. The molecule has 0 saturated carbocycles. The second-order valence-electron chi connectivity index (χ2n) is 18.6. The van der Waals surface area contributed by atoms with Crippen LogP contribution in [-0.2, 0) is 42.7 Å². The van der Waals surface area contributed by atoms with Crippen molar-refractivity contribution in [3.63, 3.8) is 0 Å². The number of carbonyl (C=O) groups is 5. The Balaban J connectivity index is 0.000000209. The van der Waals surface area contributed by atoms with E-state index in [0.717, 1.165) is 47.9 Å². The molecule has 6 aliphatic rings. The summed E-state index contributed by atoms with van der Waals surface area (Å²) < 4.78 is 46.4. The van der Waals surface area contributed by atoms with E-state index in [-0.39, 0.29) is 44.3 Å². The van der Waals surface area contributed by atoms with Crippen molar-refractivity contribution in [3.05, 3.63) is 83.0 Å². The van der Waals surface area contributed by atoms with E-state index >= 15 is 0 Å². The minimum atomic E-state index is -0.892. The maximum atomic E-state index is 13.9. The smallest absolute Gasteiger partial charge is 0.416 e. The van der Waals surface area contributed by atoms with Crippen LogP contribution in [0.3, 0.4) is 0 Å². The highest BCUT2D eigenvalue weighted by Gasteiger charge is 2.50. The fourth-order valence-electron chi connectivity index (χ4n) is 9.85. The molecule has 0 aromatic heterocycles. The van der Waals surface area contributed by atoms with Crippen LogP contribution in [0.25, 0.3) is 0 Å². The van der Waals surface area contributed by atoms with Gasteiger partial charge in [-0.15, -0.1) is 0 Å². The van der Waals surface area contributed by atoms with Crippen molar-refractivity contribution in [3.8, 4) is 0 Å². The topological polar surface area (TPSA) is 192 Å². The summed E-state index contributed by atoms with van der Waals surface area (Å²) in [5.74, 6) is -0.797. The number of anilines is 2. The zero-order chi connectivity index (χ0) is 50.1. The molecule has 4 saturated heterocycles. The van der Waals surface area contributed by atoms with Gasteiger partial charge in [-0.1, -0.05) is 25.3 Å². The molecule has 0 spiro atoms. The summed E-state index contributed by atoms with van der Waals surface area (Å²) in [6, 6.07) is 6.23. The van der Waals surface area contributed by atoms with Gasteiger partial charge in [-0.25, -0.2) is 24.2 Å². The molecular weight excluding hydrogens is 905 g/mol. The Morgan fingerprint density at radius 1 is 0.671 bits per heavy atom. The van der Waals surface area contributed by atoms with Crippen LogP contribution in [0.5, 0.6) is 0 Å². The SMILES string of the molecule is C=CCOC(=O)N1c2cc(C)c(C)cc2C(=O)N2CC[C@@H](O)C[C@H]2C1OC1CCCCO1.C=CCOC(=O)N1c2cc(C)c(C)cc2C(=O)N2CC[C@@H](OCC(=O)OCC)C[C@H]2C1OC1CCCCO1. The highest BCUT2D eigenvalue weighted by Crippen LogP contribution is 2.41. The average molecular weight is 975 g/mol. The van der Waals surface area contributed by atoms with E-state index in [2.05, 4.69) is 13.2 Å². The number of hydrogen-bond donors (Lipinski definition) is 1. The highest BCUT2D eigenvalue weighted by atomic mass is 16.7. The predicted octanol–water partition coefficient (Wildman–Crippen LogP) is 7.15. The molecule has 18 nitrogen and oxygen atoms in total. The van der Waals surface area contributed by atoms with Crippen molar-refractivity contribution in [1.29, 1.82) is 0 Å². The first-order valence-corrected chi connectivity index (χ1v) is 24.7. The van der Waals surface area contributed by atoms with Gasteiger partial charge in [-0.2, -0.15) is 0 Å². The fourth-order valence-corrected chi connectivity index (χ4v) is 9.85. The van der Waals surface area contributed by atoms with Crippen LogP contribution < -0.4 is 9.80 Å². The maximum Gasteiger partial charge on any atom is 0.416 e. The van der Waals surface area contributed by atoms with Crippen LogP contribution in [0.1, 0.15) is 114 Å². The van der Waals surface area contributed by atoms with Gasteiger partial charge in [-0.05, 0) is 145 Å². The molecule has 18 heteroatoms. The van der Waals surface area contributed by atoms with E-state index in [1.807, 2.05) is 52.0 Å². The summed E-state index contributed by atoms with van der Waals surface area (Å²) in [6.07, 6.45) is 4.91. The molecular formula is C52H70N4O14. The third-order valence-corrected chi connectivity index (χ3v) is 13.7. The van der Waals surface area contributed by atoms with Gasteiger partial charge in [-0.3, -0.25) is 9.59 Å². The Hall–Kier alpha value is -5.37. The number of amides is 4. The first kappa shape index (κ1) is 52.5. The Morgan fingerprint density at radius 2 is 1.14 bits per heavy atom. The quantitative estimate of drug-likeness (QED) is 0.128. The molecule has 4 unspecified atom stereocenters. The van der Waals surface area contributed by atoms with Gasteiger partial charge in [0.05, 0.1) is 53.4 Å². The van der Waals surface area contributed by atoms with E-state index < -0.39 is 61.4 Å². The fraction of sp³-hybridized carbons (Fsp3) is 0.596. The molecule has 70 heavy (non-hydrogen) atoms. The van der Waals surface area contributed by atoms with Crippen LogP contribution >= 0.6 is 0 Å². The Morgan fingerprint density at radius 3 is 1.60 bits per heavy atom. The molecule has 1 N–H and O–H groups in total. The van der Waals surface area contributed by atoms with Crippen molar-refractivity contribution in [2.45, 2.75) is 148 Å². The lowest BCUT2D eigenvalue weighted by Crippen LogP contribution is -2.59. The molecule has 0 bridgehead atoms. The zero-order valence-corrected chi connectivity index (χ0v) is 41.3. The molecule has 8 rings (SSSR count). The predicted molar refractivity (Wildman–Crippen MR) is 257 cm³/mol. The maximum absolute atomic E-state index is 13.9. The lowest BCUT2D eigenvalue weighted by atomic mass is 9.97. The van der Waals surface area contributed by atoms with Gasteiger partial charge in [0.1, 0.15) is 19.8 Å². The van der Waals surface area contributed by atoms with Gasteiger partial charge in [0.15, 0.2) is 25.0 Å². The number of aryl methyl sites for hydroxylation is 4. The summed E-state index contributed by atoms with van der Waals surface area (Å²) in [7, 11) is 0. The molecule has 8 atom stereocenters. The standard InChI is InChI=1S/C28H38N2O8.C24H32N2O6/c1-5-12-36-28(33)30-22-15-19(4)18(3)14-21(22)26(32)29-11-10-20(37-17-24(31)34-6-2)16-23(29)27(30)38-25-9-7-8-13-35-25;1-4-10-31-24(29)26-19-13-16(3)15(2)12-18(19)22(28)25-9-8-17(27)14-20(25)23(26)32-21-7-5-6-11-30-21/h5,14-15,20,23,25,27H,1,6-13,16-17H2,2-4H3;4,12-13,17,20-21,23,27H,1,5-11,14H2,2-3H3/t20-,23+,25?,27?;17-,20+,21?,23?/m11/s1. The van der Waals surface area contributed by atoms with Crippen LogP contribution in [0.15, 0.2) is 49.6 Å². The summed E-state index contributed by atoms with van der Waals surface area (Å²) >= 11 is 0. The van der Waals surface area contributed by atoms with Gasteiger partial charge >= 0.3 is 18.2 Å². The van der Waals surface area contributed by atoms with Crippen molar-refractivity contribution >= 4 is 41.3 Å². The van der Waals surface area contributed by atoms with Crippen LogP contribution in [-0.4, -0.2) is 147 Å². The largest absolute Gasteiger partial charge is 0.464 e. The molecule has 6 aliphatic heterocycles. The second-order valence-corrected chi connectivity index (χ2v) is 18.6. The normalized spacial score (nSPS) is 26.4. The van der Waals surface area contributed by atoms with Gasteiger partial charge < -0.3 is 52.8 Å². The number of rotatable bonds is 12. The number of piperidine rings is 2. The average Bonchev–Trinajstić information content (AvgIpc) is 3.50. The summed E-state index contributed by atoms with van der Waals surface area (Å²) in [4.78, 5) is 72.8. The number of fused-ring (bicyclic) bond motifs is 4. The van der Waals surface area contributed by atoms with E-state index in [1.165, 1.54) is 22.0 Å². The van der Waals surface area contributed by atoms with Crippen molar-refractivity contribution in [2.75, 3.05) is 62.5 Å². The highest BCUT2D eigenvalue weighted by molar-refractivity contribution is 6.06. The molecule has 4 amide bonds. The van der Waals surface area contributed by atoms with E-state index in [1.54, 1.807) is 16.7 Å². The number of benzene rings is 2. The summed E-state index contributed by atoms with van der Waals surface area (Å²) in [5.41, 5.74) is 5.52. The molecule has 6 heterocycles. The Labute approximate surface area is 410 Å². The summed E-state index contributed by atoms with van der Waals surface area (Å²) in [6.45, 7) is 18.8. The first-order chi connectivity index (χ1) is 33.7. The van der Waals surface area contributed by atoms with Crippen LogP contribution in [0, 0.1) is 27.7 Å². The number of ether oxygens (including phenoxy) is 8. The molecule has 0 aliphatic carbocycles. The molecule has 2 aromatic rings. The third-order valence-electron chi connectivity index (χ3n) is 13.7. The second kappa shape index (κ2) is 24.2. The number of aliphatic hydroxyl groups excluding tert-OH is 1. The zero-order valence-electron chi connectivity index (χ0n) is 41.3. The van der Waals surface area contributed by atoms with Crippen molar-refractivity contribution in [1.82, 2.24) is 9.80 Å². The molecule has 2 aromatic carbocycles. The van der Waals surface area contributed by atoms with Gasteiger partial charge in [0.25, 0.3) is 11.8 Å². The lowest BCUT2D eigenvalue weighted by molar-refractivity contribution is -0.202.